The normalized spacial score (nSPS) is 12.0. The first-order chi connectivity index (χ1) is 11.6. The van der Waals surface area contributed by atoms with Gasteiger partial charge in [-0.1, -0.05) is 17.7 Å². The van der Waals surface area contributed by atoms with Crippen LogP contribution in [0, 0.1) is 5.82 Å². The van der Waals surface area contributed by atoms with Gasteiger partial charge in [0.1, 0.15) is 4.90 Å². The summed E-state index contributed by atoms with van der Waals surface area (Å²) in [6.07, 6.45) is 0. The minimum Gasteiger partial charge on any atom is -0.386 e. The maximum Gasteiger partial charge on any atom is 0.264 e. The molecule has 0 spiro atoms. The van der Waals surface area contributed by atoms with E-state index in [1.54, 1.807) is 0 Å². The standard InChI is InChI=1S/C14H15ClFN3O4S2/c1-17-11-7-6-9(24(20,21)18-2)8-12(11)19-25(22,23)13-5-3-4-10(15)14(13)16/h3-8,17-19H,1-2H3. The molecule has 2 aromatic rings. The zero-order chi connectivity index (χ0) is 18.8. The molecule has 2 rings (SSSR count). The molecule has 0 saturated carbocycles. The molecule has 0 aliphatic carbocycles. The van der Waals surface area contributed by atoms with E-state index in [0.717, 1.165) is 12.1 Å². The van der Waals surface area contributed by atoms with Crippen molar-refractivity contribution in [1.82, 2.24) is 4.72 Å². The molecule has 0 radical (unpaired) electrons. The molecule has 136 valence electrons. The van der Waals surface area contributed by atoms with E-state index in [9.17, 15) is 21.2 Å². The number of benzene rings is 2. The highest BCUT2D eigenvalue weighted by molar-refractivity contribution is 7.92. The van der Waals surface area contributed by atoms with Crippen LogP contribution in [0.4, 0.5) is 15.8 Å². The van der Waals surface area contributed by atoms with Crippen LogP contribution in [-0.2, 0) is 20.0 Å². The summed E-state index contributed by atoms with van der Waals surface area (Å²) in [5.74, 6) is -1.10. The molecule has 0 aliphatic heterocycles. The molecule has 0 bridgehead atoms. The molecule has 0 fully saturated rings. The van der Waals surface area contributed by atoms with Gasteiger partial charge in [0.25, 0.3) is 10.0 Å². The number of hydrogen-bond acceptors (Lipinski definition) is 5. The maximum atomic E-state index is 14.0. The van der Waals surface area contributed by atoms with Gasteiger partial charge in [0.05, 0.1) is 21.3 Å². The third-order valence-corrected chi connectivity index (χ3v) is 6.38. The summed E-state index contributed by atoms with van der Waals surface area (Å²) >= 11 is 5.62. The second-order valence-electron chi connectivity index (χ2n) is 4.82. The van der Waals surface area contributed by atoms with Crippen LogP contribution in [-0.4, -0.2) is 30.9 Å². The lowest BCUT2D eigenvalue weighted by molar-refractivity contribution is 0.570. The minimum atomic E-state index is -4.33. The van der Waals surface area contributed by atoms with Gasteiger partial charge in [-0.15, -0.1) is 0 Å². The molecule has 0 heterocycles. The summed E-state index contributed by atoms with van der Waals surface area (Å²) in [6.45, 7) is 0. The van der Waals surface area contributed by atoms with E-state index in [1.807, 2.05) is 0 Å². The number of anilines is 2. The second-order valence-corrected chi connectivity index (χ2v) is 8.77. The third-order valence-electron chi connectivity index (χ3n) is 3.29. The average molecular weight is 408 g/mol. The quantitative estimate of drug-likeness (QED) is 0.681. The molecule has 0 aromatic heterocycles. The molecule has 3 N–H and O–H groups in total. The molecular weight excluding hydrogens is 393 g/mol. The van der Waals surface area contributed by atoms with Gasteiger partial charge in [0.15, 0.2) is 5.82 Å². The van der Waals surface area contributed by atoms with E-state index in [4.69, 9.17) is 11.6 Å². The smallest absolute Gasteiger partial charge is 0.264 e. The van der Waals surface area contributed by atoms with Gasteiger partial charge in [-0.2, -0.15) is 0 Å². The van der Waals surface area contributed by atoms with E-state index in [2.05, 4.69) is 14.8 Å². The molecule has 0 saturated heterocycles. The van der Waals surface area contributed by atoms with Crippen molar-refractivity contribution in [1.29, 1.82) is 0 Å². The molecular formula is C14H15ClFN3O4S2. The summed E-state index contributed by atoms with van der Waals surface area (Å²) in [5.41, 5.74) is 0.249. The maximum absolute atomic E-state index is 14.0. The third kappa shape index (κ3) is 4.03. The van der Waals surface area contributed by atoms with Crippen LogP contribution >= 0.6 is 11.6 Å². The highest BCUT2D eigenvalue weighted by Crippen LogP contribution is 2.29. The lowest BCUT2D eigenvalue weighted by atomic mass is 10.3. The zero-order valence-electron chi connectivity index (χ0n) is 13.2. The molecule has 25 heavy (non-hydrogen) atoms. The predicted octanol–water partition coefficient (Wildman–Crippen LogP) is 2.23. The molecule has 7 nitrogen and oxygen atoms in total. The van der Waals surface area contributed by atoms with Crippen molar-refractivity contribution in [3.8, 4) is 0 Å². The summed E-state index contributed by atoms with van der Waals surface area (Å²) in [4.78, 5) is -0.804. The fraction of sp³-hybridized carbons (Fsp3) is 0.143. The van der Waals surface area contributed by atoms with Gasteiger partial charge in [0.2, 0.25) is 10.0 Å². The van der Waals surface area contributed by atoms with Crippen LogP contribution in [0.5, 0.6) is 0 Å². The molecule has 0 unspecified atom stereocenters. The van der Waals surface area contributed by atoms with E-state index in [-0.39, 0.29) is 15.6 Å². The van der Waals surface area contributed by atoms with Crippen LogP contribution in [0.25, 0.3) is 0 Å². The van der Waals surface area contributed by atoms with Crippen molar-refractivity contribution in [2.24, 2.45) is 0 Å². The van der Waals surface area contributed by atoms with Crippen molar-refractivity contribution >= 4 is 43.0 Å². The van der Waals surface area contributed by atoms with Crippen molar-refractivity contribution in [2.75, 3.05) is 24.1 Å². The Kier molecular flexibility index (Phi) is 5.57. The van der Waals surface area contributed by atoms with Crippen LogP contribution in [0.15, 0.2) is 46.2 Å². The largest absolute Gasteiger partial charge is 0.386 e. The average Bonchev–Trinajstić information content (AvgIpc) is 2.56. The molecule has 0 aliphatic rings. The summed E-state index contributed by atoms with van der Waals surface area (Å²) in [6, 6.07) is 7.37. The van der Waals surface area contributed by atoms with Gasteiger partial charge in [0, 0.05) is 7.05 Å². The predicted molar refractivity (Wildman–Crippen MR) is 94.5 cm³/mol. The highest BCUT2D eigenvalue weighted by atomic mass is 35.5. The van der Waals surface area contributed by atoms with E-state index >= 15 is 0 Å². The molecule has 2 aromatic carbocycles. The van der Waals surface area contributed by atoms with Crippen LogP contribution in [0.2, 0.25) is 5.02 Å². The van der Waals surface area contributed by atoms with Crippen LogP contribution < -0.4 is 14.8 Å². The Morgan fingerprint density at radius 3 is 2.24 bits per heavy atom. The number of halogens is 2. The van der Waals surface area contributed by atoms with Gasteiger partial charge in [-0.3, -0.25) is 4.72 Å². The van der Waals surface area contributed by atoms with Gasteiger partial charge < -0.3 is 5.32 Å². The number of rotatable bonds is 6. The fourth-order valence-corrected chi connectivity index (χ4v) is 4.16. The molecule has 0 amide bonds. The summed E-state index contributed by atoms with van der Waals surface area (Å²) < 4.78 is 67.1. The second kappa shape index (κ2) is 7.16. The Balaban J connectivity index is 2.55. The first-order valence-corrected chi connectivity index (χ1v) is 10.2. The van der Waals surface area contributed by atoms with Crippen LogP contribution in [0.3, 0.4) is 0 Å². The lowest BCUT2D eigenvalue weighted by Crippen LogP contribution is -2.20. The van der Waals surface area contributed by atoms with Gasteiger partial charge in [-0.25, -0.2) is 25.9 Å². The van der Waals surface area contributed by atoms with Crippen molar-refractivity contribution < 1.29 is 21.2 Å². The molecule has 0 atom stereocenters. The van der Waals surface area contributed by atoms with E-state index in [1.165, 1.54) is 38.4 Å². The number of hydrogen-bond donors (Lipinski definition) is 3. The van der Waals surface area contributed by atoms with E-state index in [0.29, 0.717) is 5.69 Å². The number of nitrogens with one attached hydrogen (secondary N) is 3. The fourth-order valence-electron chi connectivity index (χ4n) is 2.00. The lowest BCUT2D eigenvalue weighted by Gasteiger charge is -2.14. The minimum absolute atomic E-state index is 0.0572. The Morgan fingerprint density at radius 2 is 1.64 bits per heavy atom. The summed E-state index contributed by atoms with van der Waals surface area (Å²) in [5, 5.41) is 2.39. The SMILES string of the molecule is CNc1ccc(S(=O)(=O)NC)cc1NS(=O)(=O)c1cccc(Cl)c1F. The Morgan fingerprint density at radius 1 is 0.960 bits per heavy atom. The topological polar surface area (TPSA) is 104 Å². The van der Waals surface area contributed by atoms with Crippen molar-refractivity contribution in [3.05, 3.63) is 47.2 Å². The van der Waals surface area contributed by atoms with E-state index < -0.39 is 30.8 Å². The van der Waals surface area contributed by atoms with Gasteiger partial charge in [-0.05, 0) is 37.4 Å². The van der Waals surface area contributed by atoms with Crippen LogP contribution in [0.1, 0.15) is 0 Å². The first-order valence-electron chi connectivity index (χ1n) is 6.84. The summed E-state index contributed by atoms with van der Waals surface area (Å²) in [7, 11) is -5.37. The first kappa shape index (κ1) is 19.4. The van der Waals surface area contributed by atoms with Crippen molar-refractivity contribution in [3.63, 3.8) is 0 Å². The molecule has 11 heteroatoms. The Hall–Kier alpha value is -1.88. The highest BCUT2D eigenvalue weighted by Gasteiger charge is 2.23. The van der Waals surface area contributed by atoms with Gasteiger partial charge >= 0.3 is 0 Å². The zero-order valence-corrected chi connectivity index (χ0v) is 15.6. The van der Waals surface area contributed by atoms with Crippen molar-refractivity contribution in [2.45, 2.75) is 9.79 Å². The Labute approximate surface area is 150 Å². The Bertz CT molecular complexity index is 1010. The monoisotopic (exact) mass is 407 g/mol. The number of sulfonamides is 2.